The summed E-state index contributed by atoms with van der Waals surface area (Å²) < 4.78 is 6.57. The van der Waals surface area contributed by atoms with E-state index < -0.39 is 47.3 Å². The van der Waals surface area contributed by atoms with Crippen LogP contribution in [0.1, 0.15) is 126 Å². The summed E-state index contributed by atoms with van der Waals surface area (Å²) in [5.74, 6) is 7.43. The molecule has 9 aromatic carbocycles. The molecule has 0 spiro atoms. The van der Waals surface area contributed by atoms with Crippen molar-refractivity contribution in [1.82, 2.24) is 4.90 Å². The average Bonchev–Trinajstić information content (AvgIpc) is 1.77. The van der Waals surface area contributed by atoms with Crippen LogP contribution in [0.2, 0.25) is 0 Å². The Bertz CT molecular complexity index is 4590. The molecule has 9 aromatic rings. The van der Waals surface area contributed by atoms with Crippen molar-refractivity contribution in [3.8, 4) is 35.2 Å². The Balaban J connectivity index is 0.000000499. The van der Waals surface area contributed by atoms with Crippen molar-refractivity contribution in [2.75, 3.05) is 26.6 Å². The summed E-state index contributed by atoms with van der Waals surface area (Å²) in [6.07, 6.45) is 0. The minimum Gasteiger partial charge on any atom is -0.455 e. The van der Waals surface area contributed by atoms with Gasteiger partial charge in [0.15, 0.2) is 0 Å². The first-order chi connectivity index (χ1) is 41.2. The van der Waals surface area contributed by atoms with Crippen LogP contribution in [0.3, 0.4) is 0 Å². The number of amides is 10. The average molecular weight is 1380 g/mol. The summed E-state index contributed by atoms with van der Waals surface area (Å²) in [5.41, 5.74) is 4.12. The van der Waals surface area contributed by atoms with Gasteiger partial charge in [-0.15, -0.1) is 0 Å². The first kappa shape index (κ1) is 58.2. The zero-order chi connectivity index (χ0) is 58.8. The van der Waals surface area contributed by atoms with E-state index in [1.165, 1.54) is 79.8 Å². The maximum absolute atomic E-state index is 14.4. The molecule has 0 saturated heterocycles. The van der Waals surface area contributed by atoms with E-state index in [-0.39, 0.29) is 150 Å². The smallest absolute Gasteiger partial charge is 0.266 e. The molecule has 413 valence electrons. The number of anilines is 4. The van der Waals surface area contributed by atoms with Gasteiger partial charge in [-0.2, -0.15) is 72.8 Å². The minimum atomic E-state index is -0.760. The second-order valence-corrected chi connectivity index (χ2v) is 19.5. The van der Waals surface area contributed by atoms with Gasteiger partial charge in [-0.25, -0.2) is 9.80 Å². The molecule has 5 heterocycles. The molecule has 5 aliphatic heterocycles. The molecule has 0 atom stereocenters. The van der Waals surface area contributed by atoms with Crippen LogP contribution in [0, 0.1) is 41.9 Å². The number of fused-ring (bicyclic) bond motifs is 5. The Morgan fingerprint density at radius 3 is 0.989 bits per heavy atom. The van der Waals surface area contributed by atoms with Crippen molar-refractivity contribution in [2.45, 2.75) is 0 Å². The van der Waals surface area contributed by atoms with Crippen molar-refractivity contribution in [2.24, 2.45) is 0 Å². The number of ether oxygens (including phenoxy) is 1. The Kier molecular flexibility index (Phi) is 15.7. The number of nitrogens with zero attached hydrogens (tertiary/aromatic N) is 5. The molecular weight excluding hydrogens is 1350 g/mol. The predicted octanol–water partition coefficient (Wildman–Crippen LogP) is 9.79. The van der Waals surface area contributed by atoms with E-state index in [9.17, 15) is 47.9 Å². The molecule has 87 heavy (non-hydrogen) atoms. The van der Waals surface area contributed by atoms with Crippen molar-refractivity contribution in [1.29, 1.82) is 0 Å². The third-order valence-electron chi connectivity index (χ3n) is 14.5. The molecule has 0 saturated carbocycles. The van der Waals surface area contributed by atoms with Gasteiger partial charge in [0.25, 0.3) is 23.6 Å². The number of hydrogen-bond acceptors (Lipinski definition) is 11. The Labute approximate surface area is 535 Å². The van der Waals surface area contributed by atoms with Gasteiger partial charge in [-0.3, -0.25) is 62.6 Å². The van der Waals surface area contributed by atoms with Gasteiger partial charge in [0.1, 0.15) is 11.5 Å². The first-order valence-corrected chi connectivity index (χ1v) is 26.0. The van der Waals surface area contributed by atoms with Gasteiger partial charge in [-0.05, 0) is 97.1 Å². The van der Waals surface area contributed by atoms with E-state index in [0.717, 1.165) is 24.5 Å². The molecule has 1 radical (unpaired) electrons. The topological polar surface area (TPSA) is 196 Å². The second kappa shape index (κ2) is 23.4. The quantitative estimate of drug-likeness (QED) is 0.0873. The van der Waals surface area contributed by atoms with Gasteiger partial charge in [0.2, 0.25) is 35.4 Å². The summed E-state index contributed by atoms with van der Waals surface area (Å²) in [5, 5.41) is 0. The van der Waals surface area contributed by atoms with Crippen molar-refractivity contribution in [3.05, 3.63) is 284 Å². The van der Waals surface area contributed by atoms with Crippen LogP contribution < -0.4 is 24.3 Å². The van der Waals surface area contributed by atoms with Crippen molar-refractivity contribution >= 4 is 81.8 Å². The normalized spacial score (nSPS) is 14.0. The molecule has 0 fully saturated rings. The molecule has 16 nitrogen and oxygen atoms in total. The van der Waals surface area contributed by atoms with Crippen LogP contribution in [0.5, 0.6) is 11.5 Å². The SMILES string of the molecule is CN1C(=O)c2c[c-]ccc2C1=O.O=C1c2c[c-]ccc2C(=O)N1c1ccc(Oc2ccc(N3C(=O)c4ccc(N5C(=O)c6ccc(N7C(=O)c8c[c-]ccc8C7=O)cc6C5=O)cc4C3=O)cc2C#Cc2ccccc2)c(C#Cc2ccccc2)c1.[W].[Y]. The monoisotopic (exact) mass is 1380 g/mol. The van der Waals surface area contributed by atoms with E-state index in [2.05, 4.69) is 41.9 Å². The van der Waals surface area contributed by atoms with Gasteiger partial charge < -0.3 is 4.74 Å². The third kappa shape index (κ3) is 10.1. The van der Waals surface area contributed by atoms with Gasteiger partial charge >= 0.3 is 0 Å². The number of carbonyl (C=O) groups excluding carboxylic acids is 10. The van der Waals surface area contributed by atoms with Gasteiger partial charge in [-0.1, -0.05) is 93.5 Å². The fourth-order valence-corrected chi connectivity index (χ4v) is 10.3. The van der Waals surface area contributed by atoms with Crippen molar-refractivity contribution < 1.29 is 106 Å². The van der Waals surface area contributed by atoms with E-state index in [1.54, 1.807) is 54.6 Å². The van der Waals surface area contributed by atoms with Crippen LogP contribution in [0.4, 0.5) is 22.7 Å². The molecular formula is C69H34N5O11WY-3. The zero-order valence-electron chi connectivity index (χ0n) is 45.1. The second-order valence-electron chi connectivity index (χ2n) is 19.5. The van der Waals surface area contributed by atoms with Crippen LogP contribution >= 0.6 is 0 Å². The molecule has 0 bridgehead atoms. The van der Waals surface area contributed by atoms with Gasteiger partial charge in [0, 0.05) is 71.9 Å². The van der Waals surface area contributed by atoms with E-state index in [4.69, 9.17) is 4.74 Å². The van der Waals surface area contributed by atoms with Crippen molar-refractivity contribution in [3.63, 3.8) is 0 Å². The Hall–Kier alpha value is -10.6. The predicted molar refractivity (Wildman–Crippen MR) is 308 cm³/mol. The largest absolute Gasteiger partial charge is 0.455 e. The summed E-state index contributed by atoms with van der Waals surface area (Å²) in [4.78, 5) is 137. The maximum atomic E-state index is 14.4. The number of carbonyl (C=O) groups is 10. The first-order valence-electron chi connectivity index (χ1n) is 26.0. The van der Waals surface area contributed by atoms with E-state index in [1.807, 2.05) is 60.7 Å². The molecule has 0 aromatic heterocycles. The third-order valence-corrected chi connectivity index (χ3v) is 14.5. The van der Waals surface area contributed by atoms with Gasteiger partial charge in [0.05, 0.1) is 56.1 Å². The molecule has 18 heteroatoms. The van der Waals surface area contributed by atoms with E-state index in [0.29, 0.717) is 27.8 Å². The summed E-state index contributed by atoms with van der Waals surface area (Å²) in [7, 11) is 1.48. The molecule has 5 aliphatic rings. The Morgan fingerprint density at radius 1 is 0.322 bits per heavy atom. The zero-order valence-corrected chi connectivity index (χ0v) is 50.9. The Morgan fingerprint density at radius 2 is 0.621 bits per heavy atom. The van der Waals surface area contributed by atoms with Crippen LogP contribution in [-0.2, 0) is 53.8 Å². The molecule has 0 N–H and O–H groups in total. The minimum absolute atomic E-state index is 0. The maximum Gasteiger partial charge on any atom is 0.266 e. The number of benzene rings is 9. The summed E-state index contributed by atoms with van der Waals surface area (Å²) >= 11 is 0. The molecule has 0 aliphatic carbocycles. The number of imide groups is 5. The van der Waals surface area contributed by atoms with Crippen LogP contribution in [0.15, 0.2) is 188 Å². The summed E-state index contributed by atoms with van der Waals surface area (Å²) in [6, 6.07) is 58.0. The number of hydrogen-bond donors (Lipinski definition) is 0. The van der Waals surface area contributed by atoms with E-state index >= 15 is 0 Å². The van der Waals surface area contributed by atoms with Crippen LogP contribution in [-0.4, -0.2) is 71.0 Å². The molecule has 14 rings (SSSR count). The van der Waals surface area contributed by atoms with Crippen LogP contribution in [0.25, 0.3) is 0 Å². The molecule has 0 unspecified atom stereocenters. The summed E-state index contributed by atoms with van der Waals surface area (Å²) in [6.45, 7) is 0. The fraction of sp³-hybridized carbons (Fsp3) is 0.0145. The number of rotatable bonds is 6. The fourth-order valence-electron chi connectivity index (χ4n) is 10.3. The standard InChI is InChI=1S/C60H28N4O9.C9H6NO2.W.Y/c65-53-43-15-7-8-16-44(43)54(66)61(53)39-25-29-51(37(31-39)21-19-35-11-3-1-4-12-35)73-52-30-26-40(32-38(52)22-20-36-13-5-2-6-14-36)62-57(69)47-28-24-42(34-49(47)59(62)71)64-58(70)48-27-23-41(33-50(48)60(64)72)63-55(67)45-17-9-10-18-46(45)56(63)68;1-10-8(11)6-4-2-3-5-7(6)9(10)12;;/h1-7,9,11-18,23-34H;2,4-5H,1H3;;/q-2;-1;;. The molecule has 10 amide bonds.